The van der Waals surface area contributed by atoms with Crippen molar-refractivity contribution in [3.8, 4) is 6.07 Å². The van der Waals surface area contributed by atoms with E-state index >= 15 is 0 Å². The second-order valence-corrected chi connectivity index (χ2v) is 9.06. The van der Waals surface area contributed by atoms with Gasteiger partial charge in [-0.3, -0.25) is 23.9 Å². The van der Waals surface area contributed by atoms with Gasteiger partial charge in [-0.2, -0.15) is 5.26 Å². The molecule has 1 atom stereocenters. The van der Waals surface area contributed by atoms with E-state index in [9.17, 15) is 24.8 Å². The number of aliphatic hydroxyl groups is 1. The first kappa shape index (κ1) is 26.2. The van der Waals surface area contributed by atoms with Crippen molar-refractivity contribution < 1.29 is 14.7 Å². The van der Waals surface area contributed by atoms with Crippen LogP contribution >= 0.6 is 11.3 Å². The highest BCUT2D eigenvalue weighted by atomic mass is 32.1. The molecule has 2 aromatic rings. The Balaban J connectivity index is 1.80. The van der Waals surface area contributed by atoms with E-state index in [1.54, 1.807) is 38.1 Å². The van der Waals surface area contributed by atoms with E-state index in [1.165, 1.54) is 10.8 Å². The zero-order chi connectivity index (χ0) is 25.4. The summed E-state index contributed by atoms with van der Waals surface area (Å²) in [6.07, 6.45) is 3.39. The van der Waals surface area contributed by atoms with Crippen molar-refractivity contribution in [3.63, 3.8) is 0 Å². The summed E-state index contributed by atoms with van der Waals surface area (Å²) < 4.78 is 2.06. The Morgan fingerprint density at radius 1 is 1.31 bits per heavy atom. The number of hydrogen-bond acceptors (Lipinski definition) is 8. The van der Waals surface area contributed by atoms with Crippen LogP contribution in [0.1, 0.15) is 26.7 Å². The molecule has 35 heavy (non-hydrogen) atoms. The van der Waals surface area contributed by atoms with Gasteiger partial charge in [0.15, 0.2) is 5.57 Å². The molecule has 2 heterocycles. The van der Waals surface area contributed by atoms with Gasteiger partial charge >= 0.3 is 0 Å². The number of aliphatic hydroxyl groups excluding tert-OH is 1. The normalized spacial score (nSPS) is 17.1. The number of nitrogens with one attached hydrogen (secondary N) is 3. The van der Waals surface area contributed by atoms with Crippen molar-refractivity contribution >= 4 is 46.3 Å². The molecular weight excluding hydrogens is 468 g/mol. The molecule has 10 nitrogen and oxygen atoms in total. The van der Waals surface area contributed by atoms with E-state index in [2.05, 4.69) is 16.0 Å². The summed E-state index contributed by atoms with van der Waals surface area (Å²) in [4.78, 5) is 39.5. The van der Waals surface area contributed by atoms with Crippen LogP contribution in [0.4, 0.5) is 11.4 Å². The molecule has 3 rings (SSSR count). The molecule has 0 unspecified atom stereocenters. The quantitative estimate of drug-likeness (QED) is 0.381. The zero-order valence-electron chi connectivity index (χ0n) is 19.8. The maximum atomic E-state index is 12.8. The van der Waals surface area contributed by atoms with Gasteiger partial charge in [0.05, 0.1) is 13.2 Å². The number of nitrogens with zero attached hydrogens (tertiary/aromatic N) is 3. The number of rotatable bonds is 9. The monoisotopic (exact) mass is 498 g/mol. The van der Waals surface area contributed by atoms with Crippen molar-refractivity contribution in [2.24, 2.45) is 0 Å². The van der Waals surface area contributed by atoms with Crippen LogP contribution in [0.2, 0.25) is 0 Å². The smallest absolute Gasteiger partial charge is 0.270 e. The fraction of sp³-hybridized carbons (Fsp3) is 0.417. The van der Waals surface area contributed by atoms with Crippen LogP contribution in [0.3, 0.4) is 0 Å². The highest BCUT2D eigenvalue weighted by Crippen LogP contribution is 2.18. The lowest BCUT2D eigenvalue weighted by Crippen LogP contribution is -2.38. The molecule has 0 aliphatic carbocycles. The number of nitriles is 1. The summed E-state index contributed by atoms with van der Waals surface area (Å²) in [6, 6.07) is 9.03. The van der Waals surface area contributed by atoms with Crippen LogP contribution in [-0.2, 0) is 16.1 Å². The second-order valence-electron chi connectivity index (χ2n) is 8.03. The van der Waals surface area contributed by atoms with Gasteiger partial charge in [-0.15, -0.1) is 11.3 Å². The minimum Gasteiger partial charge on any atom is -0.395 e. The first-order valence-corrected chi connectivity index (χ1v) is 12.4. The Bertz CT molecular complexity index is 1290. The molecule has 1 aromatic carbocycles. The van der Waals surface area contributed by atoms with Crippen molar-refractivity contribution in [1.82, 2.24) is 14.8 Å². The van der Waals surface area contributed by atoms with Gasteiger partial charge < -0.3 is 21.1 Å². The number of likely N-dealkylation sites (tertiary alicyclic amines) is 1. The molecule has 0 saturated carbocycles. The first-order valence-electron chi connectivity index (χ1n) is 11.6. The van der Waals surface area contributed by atoms with Crippen LogP contribution in [0.25, 0.3) is 11.8 Å². The Kier molecular flexibility index (Phi) is 9.19. The number of hydrogen-bond donors (Lipinski definition) is 4. The average molecular weight is 499 g/mol. The average Bonchev–Trinajstić information content (AvgIpc) is 3.41. The Morgan fingerprint density at radius 2 is 2.09 bits per heavy atom. The van der Waals surface area contributed by atoms with E-state index in [4.69, 9.17) is 0 Å². The van der Waals surface area contributed by atoms with Gasteiger partial charge in [-0.25, -0.2) is 0 Å². The second kappa shape index (κ2) is 12.3. The highest BCUT2D eigenvalue weighted by Gasteiger charge is 2.25. The van der Waals surface area contributed by atoms with Gasteiger partial charge in [0.25, 0.3) is 11.5 Å². The molecular formula is C24H30N6O4S. The van der Waals surface area contributed by atoms with E-state index in [0.29, 0.717) is 33.7 Å². The number of amides is 2. The molecule has 11 heteroatoms. The van der Waals surface area contributed by atoms with Gasteiger partial charge in [0, 0.05) is 36.7 Å². The summed E-state index contributed by atoms with van der Waals surface area (Å²) in [5.74, 6) is -0.675. The van der Waals surface area contributed by atoms with E-state index < -0.39 is 5.91 Å². The molecule has 1 aliphatic heterocycles. The maximum absolute atomic E-state index is 12.8. The van der Waals surface area contributed by atoms with Crippen molar-refractivity contribution in [3.05, 3.63) is 43.8 Å². The van der Waals surface area contributed by atoms with Crippen LogP contribution < -0.4 is 30.7 Å². The predicted molar refractivity (Wildman–Crippen MR) is 136 cm³/mol. The largest absolute Gasteiger partial charge is 0.395 e. The number of carbonyl (C=O) groups is 2. The Hall–Kier alpha value is -3.46. The van der Waals surface area contributed by atoms with E-state index in [0.717, 1.165) is 30.7 Å². The van der Waals surface area contributed by atoms with Crippen LogP contribution in [0.15, 0.2) is 29.1 Å². The fourth-order valence-electron chi connectivity index (χ4n) is 3.97. The summed E-state index contributed by atoms with van der Waals surface area (Å²) >= 11 is 1.07. The SMILES string of the molecule is CCNC(=O)C(C#N)=c1sc(=CNc2cccc(NC(=O)CN3CCC[C@H]3CO)c2)c(=O)n1CC. The number of thiazole rings is 1. The van der Waals surface area contributed by atoms with Gasteiger partial charge in [0.2, 0.25) is 5.91 Å². The molecule has 186 valence electrons. The van der Waals surface area contributed by atoms with Crippen molar-refractivity contribution in [1.29, 1.82) is 5.26 Å². The van der Waals surface area contributed by atoms with Crippen LogP contribution in [0.5, 0.6) is 0 Å². The standard InChI is InChI=1S/C24H30N6O4S/c1-3-26-22(33)19(12-25)24-30(4-2)23(34)20(35-24)13-27-16-7-5-8-17(11-16)28-21(32)14-29-10-6-9-18(29)15-31/h5,7-8,11,13,18,27,31H,3-4,6,9-10,14-15H2,1-2H3,(H,26,33)(H,28,32)/t18-/m0/s1. The molecule has 1 fully saturated rings. The summed E-state index contributed by atoms with van der Waals surface area (Å²) in [5.41, 5.74) is 0.859. The van der Waals surface area contributed by atoms with Crippen LogP contribution in [-0.4, -0.2) is 58.7 Å². The molecule has 1 aromatic heterocycles. The Morgan fingerprint density at radius 3 is 2.77 bits per heavy atom. The summed E-state index contributed by atoms with van der Waals surface area (Å²) in [7, 11) is 0. The summed E-state index contributed by atoms with van der Waals surface area (Å²) in [5, 5.41) is 27.5. The lowest BCUT2D eigenvalue weighted by Gasteiger charge is -2.21. The van der Waals surface area contributed by atoms with Gasteiger partial charge in [0.1, 0.15) is 15.3 Å². The van der Waals surface area contributed by atoms with Crippen molar-refractivity contribution in [2.75, 3.05) is 36.9 Å². The van der Waals surface area contributed by atoms with E-state index in [-0.39, 0.29) is 36.2 Å². The Labute approximate surface area is 207 Å². The maximum Gasteiger partial charge on any atom is 0.270 e. The first-order chi connectivity index (χ1) is 16.9. The van der Waals surface area contributed by atoms with Gasteiger partial charge in [-0.1, -0.05) is 6.07 Å². The third kappa shape index (κ3) is 6.36. The van der Waals surface area contributed by atoms with Crippen LogP contribution in [0, 0.1) is 11.3 Å². The summed E-state index contributed by atoms with van der Waals surface area (Å²) in [6.45, 7) is 5.28. The zero-order valence-corrected chi connectivity index (χ0v) is 20.7. The molecule has 0 radical (unpaired) electrons. The van der Waals surface area contributed by atoms with Crippen molar-refractivity contribution in [2.45, 2.75) is 39.3 Å². The fourth-order valence-corrected chi connectivity index (χ4v) is 5.05. The lowest BCUT2D eigenvalue weighted by atomic mass is 10.2. The molecule has 1 saturated heterocycles. The van der Waals surface area contributed by atoms with Gasteiger partial charge in [-0.05, 0) is 51.4 Å². The minimum absolute atomic E-state index is 0.0260. The molecule has 2 amide bonds. The lowest BCUT2D eigenvalue weighted by molar-refractivity contribution is -0.117. The number of benzene rings is 1. The predicted octanol–water partition coefficient (Wildman–Crippen LogP) is -0.0146. The minimum atomic E-state index is -0.513. The molecule has 0 spiro atoms. The molecule has 0 bridgehead atoms. The highest BCUT2D eigenvalue weighted by molar-refractivity contribution is 7.07. The topological polar surface area (TPSA) is 139 Å². The molecule has 1 aliphatic rings. The molecule has 4 N–H and O–H groups in total. The third-order valence-corrected chi connectivity index (χ3v) is 6.82. The number of anilines is 2. The van der Waals surface area contributed by atoms with E-state index in [1.807, 2.05) is 11.0 Å². The number of aromatic nitrogens is 1. The number of carbonyl (C=O) groups excluding carboxylic acids is 2. The third-order valence-electron chi connectivity index (χ3n) is 5.69.